The Balaban J connectivity index is 1.54. The number of rotatable bonds is 10. The van der Waals surface area contributed by atoms with Gasteiger partial charge in [0.1, 0.15) is 0 Å². The molecule has 1 aliphatic heterocycles. The van der Waals surface area contributed by atoms with Gasteiger partial charge in [-0.05, 0) is 84.8 Å². The van der Waals surface area contributed by atoms with Crippen molar-refractivity contribution in [1.82, 2.24) is 4.90 Å². The van der Waals surface area contributed by atoms with Crippen molar-refractivity contribution in [3.63, 3.8) is 0 Å². The second kappa shape index (κ2) is 13.1. The summed E-state index contributed by atoms with van der Waals surface area (Å²) < 4.78 is 65.4. The molecule has 0 aromatic heterocycles. The predicted molar refractivity (Wildman–Crippen MR) is 159 cm³/mol. The number of aliphatic carboxylic acids is 1. The maximum atomic E-state index is 13.3. The van der Waals surface area contributed by atoms with Crippen LogP contribution in [-0.4, -0.2) is 55.8 Å². The van der Waals surface area contributed by atoms with E-state index in [2.05, 4.69) is 10.0 Å². The van der Waals surface area contributed by atoms with Gasteiger partial charge in [0.25, 0.3) is 5.91 Å². The number of nitrogens with one attached hydrogen (secondary N) is 2. The van der Waals surface area contributed by atoms with Crippen LogP contribution in [0.25, 0.3) is 11.1 Å². The fraction of sp³-hybridized carbons (Fsp3) is 0.355. The van der Waals surface area contributed by atoms with Crippen LogP contribution >= 0.6 is 0 Å². The molecule has 1 unspecified atom stereocenters. The number of anilines is 2. The topological polar surface area (TPSA) is 116 Å². The number of aryl methyl sites for hydroxylation is 1. The normalized spacial score (nSPS) is 16.4. The number of nitrogens with zero attached hydrogens (tertiary/aromatic N) is 1. The van der Waals surface area contributed by atoms with Crippen molar-refractivity contribution in [3.8, 4) is 11.1 Å². The van der Waals surface area contributed by atoms with Gasteiger partial charge in [0.2, 0.25) is 10.0 Å². The number of amides is 1. The zero-order chi connectivity index (χ0) is 31.4. The van der Waals surface area contributed by atoms with E-state index in [1.54, 1.807) is 54.6 Å². The molecule has 1 heterocycles. The Morgan fingerprint density at radius 3 is 2.35 bits per heavy atom. The van der Waals surface area contributed by atoms with Gasteiger partial charge in [0.15, 0.2) is 0 Å². The minimum Gasteiger partial charge on any atom is -0.481 e. The summed E-state index contributed by atoms with van der Waals surface area (Å²) in [4.78, 5) is 25.9. The summed E-state index contributed by atoms with van der Waals surface area (Å²) >= 11 is 0. The average molecular weight is 618 g/mol. The molecule has 0 spiro atoms. The van der Waals surface area contributed by atoms with Crippen molar-refractivity contribution >= 4 is 33.3 Å². The molecule has 12 heteroatoms. The minimum atomic E-state index is -4.35. The Labute approximate surface area is 249 Å². The fourth-order valence-electron chi connectivity index (χ4n) is 5.29. The largest absolute Gasteiger partial charge is 0.481 e. The number of piperidine rings is 1. The molecule has 8 nitrogen and oxygen atoms in total. The van der Waals surface area contributed by atoms with Crippen molar-refractivity contribution in [2.45, 2.75) is 44.8 Å². The Morgan fingerprint density at radius 2 is 1.72 bits per heavy atom. The lowest BCUT2D eigenvalue weighted by atomic mass is 9.93. The number of sulfonamides is 1. The summed E-state index contributed by atoms with van der Waals surface area (Å²) in [6.45, 7) is 2.42. The van der Waals surface area contributed by atoms with Crippen molar-refractivity contribution in [1.29, 1.82) is 0 Å². The van der Waals surface area contributed by atoms with E-state index in [1.165, 1.54) is 4.90 Å². The lowest BCUT2D eigenvalue weighted by Gasteiger charge is -2.30. The molecule has 0 radical (unpaired) electrons. The van der Waals surface area contributed by atoms with E-state index < -0.39 is 40.5 Å². The zero-order valence-corrected chi connectivity index (χ0v) is 24.6. The number of carbonyl (C=O) groups is 2. The highest BCUT2D eigenvalue weighted by Gasteiger charge is 2.30. The van der Waals surface area contributed by atoms with Crippen LogP contribution in [0.3, 0.4) is 0 Å². The quantitative estimate of drug-likeness (QED) is 0.240. The van der Waals surface area contributed by atoms with Crippen molar-refractivity contribution in [2.75, 3.05) is 29.4 Å². The van der Waals surface area contributed by atoms with Crippen LogP contribution in [-0.2, 0) is 14.8 Å². The molecule has 43 heavy (non-hydrogen) atoms. The molecule has 1 saturated heterocycles. The van der Waals surface area contributed by atoms with Gasteiger partial charge in [-0.1, -0.05) is 30.3 Å². The Bertz CT molecular complexity index is 1580. The third-order valence-electron chi connectivity index (χ3n) is 7.39. The van der Waals surface area contributed by atoms with Gasteiger partial charge in [-0.2, -0.15) is 13.2 Å². The Kier molecular flexibility index (Phi) is 9.69. The van der Waals surface area contributed by atoms with Crippen molar-refractivity contribution in [3.05, 3.63) is 83.4 Å². The van der Waals surface area contributed by atoms with Crippen LogP contribution < -0.4 is 10.0 Å². The number of halogens is 3. The molecule has 1 amide bonds. The first-order valence-electron chi connectivity index (χ1n) is 13.8. The van der Waals surface area contributed by atoms with Crippen LogP contribution in [0.5, 0.6) is 0 Å². The average Bonchev–Trinajstić information content (AvgIpc) is 2.94. The lowest BCUT2D eigenvalue weighted by Crippen LogP contribution is -2.42. The minimum absolute atomic E-state index is 0.140. The number of likely N-dealkylation sites (tertiary alicyclic amines) is 1. The van der Waals surface area contributed by atoms with Crippen LogP contribution in [0.15, 0.2) is 66.7 Å². The van der Waals surface area contributed by atoms with E-state index in [-0.39, 0.29) is 18.9 Å². The smallest absolute Gasteiger partial charge is 0.389 e. The summed E-state index contributed by atoms with van der Waals surface area (Å²) in [5, 5.41) is 12.5. The van der Waals surface area contributed by atoms with Gasteiger partial charge in [0, 0.05) is 36.4 Å². The molecule has 0 aliphatic carbocycles. The van der Waals surface area contributed by atoms with E-state index in [1.807, 2.05) is 19.1 Å². The summed E-state index contributed by atoms with van der Waals surface area (Å²) in [6, 6.07) is 18.0. The number of benzene rings is 3. The third-order valence-corrected chi connectivity index (χ3v) is 8.00. The molecule has 3 N–H and O–H groups in total. The van der Waals surface area contributed by atoms with Crippen molar-refractivity contribution in [2.24, 2.45) is 5.92 Å². The molecule has 2 atom stereocenters. The first-order chi connectivity index (χ1) is 20.2. The van der Waals surface area contributed by atoms with Gasteiger partial charge in [-0.25, -0.2) is 8.42 Å². The highest BCUT2D eigenvalue weighted by atomic mass is 32.2. The number of hydrogen-bond acceptors (Lipinski definition) is 5. The molecule has 0 saturated carbocycles. The number of carboxylic acid groups (broad SMARTS) is 1. The highest BCUT2D eigenvalue weighted by Crippen LogP contribution is 2.34. The number of hydrogen-bond donors (Lipinski definition) is 3. The standard InChI is InChI=1S/C31H34F3N3O5S/c1-20-17-23(22-5-3-7-26(18-22)36-43(2,41)42)10-13-27(20)28(14-15-31(32,33)34)35-25-11-8-21(9-12-25)29(38)37-16-4-6-24(19-37)30(39)40/h3,5,7-13,17-18,24,28,35-36H,4,6,14-16,19H2,1-2H3,(H,39,40)/t24-,28?/m1/s1. The molecular formula is C31H34F3N3O5S. The number of carboxylic acids is 1. The zero-order valence-electron chi connectivity index (χ0n) is 23.8. The van der Waals surface area contributed by atoms with E-state index in [0.29, 0.717) is 41.9 Å². The highest BCUT2D eigenvalue weighted by molar-refractivity contribution is 7.92. The van der Waals surface area contributed by atoms with Crippen LogP contribution in [0.2, 0.25) is 0 Å². The van der Waals surface area contributed by atoms with Crippen LogP contribution in [0, 0.1) is 12.8 Å². The van der Waals surface area contributed by atoms with Crippen LogP contribution in [0.1, 0.15) is 53.2 Å². The van der Waals surface area contributed by atoms with Gasteiger partial charge in [0.05, 0.1) is 18.2 Å². The van der Waals surface area contributed by atoms with Crippen molar-refractivity contribution < 1.29 is 36.3 Å². The second-order valence-electron chi connectivity index (χ2n) is 10.9. The maximum absolute atomic E-state index is 13.3. The summed E-state index contributed by atoms with van der Waals surface area (Å²) in [7, 11) is -3.46. The summed E-state index contributed by atoms with van der Waals surface area (Å²) in [5.74, 6) is -1.81. The predicted octanol–water partition coefficient (Wildman–Crippen LogP) is 6.47. The maximum Gasteiger partial charge on any atom is 0.389 e. The molecule has 230 valence electrons. The fourth-order valence-corrected chi connectivity index (χ4v) is 5.85. The van der Waals surface area contributed by atoms with E-state index in [9.17, 15) is 36.3 Å². The van der Waals surface area contributed by atoms with Gasteiger partial charge >= 0.3 is 12.1 Å². The molecule has 3 aromatic rings. The lowest BCUT2D eigenvalue weighted by molar-refractivity contribution is -0.143. The molecule has 0 bridgehead atoms. The number of carbonyl (C=O) groups excluding carboxylic acids is 1. The third kappa shape index (κ3) is 8.96. The molecule has 1 aliphatic rings. The van der Waals surface area contributed by atoms with Gasteiger partial charge < -0.3 is 15.3 Å². The molecular weight excluding hydrogens is 583 g/mol. The summed E-state index contributed by atoms with van der Waals surface area (Å²) in [5.41, 5.74) is 4.25. The van der Waals surface area contributed by atoms with Crippen LogP contribution in [0.4, 0.5) is 24.5 Å². The van der Waals surface area contributed by atoms with E-state index in [4.69, 9.17) is 0 Å². The summed E-state index contributed by atoms with van der Waals surface area (Å²) in [6.07, 6.45) is -3.38. The molecule has 4 rings (SSSR count). The molecule has 3 aromatic carbocycles. The van der Waals surface area contributed by atoms with Gasteiger partial charge in [-0.3, -0.25) is 14.3 Å². The Hall–Kier alpha value is -4.06. The molecule has 1 fully saturated rings. The van der Waals surface area contributed by atoms with Gasteiger partial charge in [-0.15, -0.1) is 0 Å². The van der Waals surface area contributed by atoms with E-state index >= 15 is 0 Å². The second-order valence-corrected chi connectivity index (χ2v) is 12.6. The Morgan fingerprint density at radius 1 is 1.02 bits per heavy atom. The number of alkyl halides is 3. The SMILES string of the molecule is Cc1cc(-c2cccc(NS(C)(=O)=O)c2)ccc1C(CCC(F)(F)F)Nc1ccc(C(=O)N2CCC[C@@H](C(=O)O)C2)cc1. The first-order valence-corrected chi connectivity index (χ1v) is 15.7. The first kappa shape index (κ1) is 31.9. The monoisotopic (exact) mass is 617 g/mol. The van der Waals surface area contributed by atoms with E-state index in [0.717, 1.165) is 22.9 Å².